The van der Waals surface area contributed by atoms with Crippen LogP contribution in [0.3, 0.4) is 0 Å². The third-order valence-electron chi connectivity index (χ3n) is 2.80. The van der Waals surface area contributed by atoms with Crippen molar-refractivity contribution < 1.29 is 9.90 Å². The van der Waals surface area contributed by atoms with Crippen LogP contribution in [-0.4, -0.2) is 16.6 Å². The molecule has 0 spiro atoms. The van der Waals surface area contributed by atoms with Crippen molar-refractivity contribution in [1.29, 1.82) is 0 Å². The van der Waals surface area contributed by atoms with Crippen LogP contribution in [0.4, 0.5) is 0 Å². The van der Waals surface area contributed by atoms with Crippen LogP contribution in [0.1, 0.15) is 24.0 Å². The van der Waals surface area contributed by atoms with Crippen LogP contribution in [0.15, 0.2) is 24.3 Å². The Hall–Kier alpha value is -1.35. The number of rotatable bonds is 4. The van der Waals surface area contributed by atoms with Gasteiger partial charge in [-0.2, -0.15) is 0 Å². The molecule has 0 atom stereocenters. The molecule has 1 aromatic rings. The van der Waals surface area contributed by atoms with Crippen LogP contribution in [0.25, 0.3) is 0 Å². The molecule has 0 amide bonds. The second-order valence-electron chi connectivity index (χ2n) is 4.43. The van der Waals surface area contributed by atoms with Gasteiger partial charge in [0.1, 0.15) is 0 Å². The number of hydrogen-bond acceptors (Lipinski definition) is 2. The molecule has 1 aliphatic rings. The lowest BCUT2D eigenvalue weighted by Gasteiger charge is -2.09. The minimum absolute atomic E-state index is 0.0121. The first-order chi connectivity index (χ1) is 7.07. The molecule has 2 rings (SSSR count). The number of hydrogen-bond donors (Lipinski definition) is 2. The monoisotopic (exact) mass is 205 g/mol. The van der Waals surface area contributed by atoms with Gasteiger partial charge in [-0.25, -0.2) is 0 Å². The first-order valence-corrected chi connectivity index (χ1v) is 5.16. The number of carboxylic acid groups (broad SMARTS) is 1. The molecule has 3 heteroatoms. The minimum atomic E-state index is -0.791. The van der Waals surface area contributed by atoms with Gasteiger partial charge >= 0.3 is 5.97 Å². The van der Waals surface area contributed by atoms with E-state index >= 15 is 0 Å². The summed E-state index contributed by atoms with van der Waals surface area (Å²) in [5.74, 6) is -0.791. The molecule has 0 bridgehead atoms. The Morgan fingerprint density at radius 1 is 1.40 bits per heavy atom. The number of nitrogens with two attached hydrogens (primary N) is 1. The van der Waals surface area contributed by atoms with E-state index in [0.717, 1.165) is 30.4 Å². The molecule has 0 heterocycles. The van der Waals surface area contributed by atoms with E-state index in [4.69, 9.17) is 10.8 Å². The molecule has 0 aliphatic heterocycles. The zero-order valence-electron chi connectivity index (χ0n) is 8.57. The van der Waals surface area contributed by atoms with Crippen LogP contribution in [0, 0.1) is 0 Å². The van der Waals surface area contributed by atoms with Gasteiger partial charge in [-0.3, -0.25) is 4.79 Å². The molecule has 0 saturated heterocycles. The third kappa shape index (κ3) is 2.80. The molecule has 1 aromatic carbocycles. The summed E-state index contributed by atoms with van der Waals surface area (Å²) in [6, 6.07) is 7.70. The lowest BCUT2D eigenvalue weighted by atomic mass is 10.0. The maximum absolute atomic E-state index is 10.6. The fourth-order valence-corrected chi connectivity index (χ4v) is 1.77. The summed E-state index contributed by atoms with van der Waals surface area (Å²) in [4.78, 5) is 10.6. The first kappa shape index (κ1) is 10.2. The first-order valence-electron chi connectivity index (χ1n) is 5.16. The van der Waals surface area contributed by atoms with E-state index in [1.54, 1.807) is 0 Å². The van der Waals surface area contributed by atoms with Crippen LogP contribution < -0.4 is 5.73 Å². The molecule has 3 N–H and O–H groups in total. The SMILES string of the molecule is NC1(Cc2cccc(CC(=O)O)c2)CC1. The molecular formula is C12H15NO2. The van der Waals surface area contributed by atoms with Crippen molar-refractivity contribution in [2.45, 2.75) is 31.2 Å². The van der Waals surface area contributed by atoms with Crippen molar-refractivity contribution in [2.75, 3.05) is 0 Å². The number of carbonyl (C=O) groups is 1. The van der Waals surface area contributed by atoms with Crippen LogP contribution >= 0.6 is 0 Å². The number of benzene rings is 1. The molecule has 1 fully saturated rings. The van der Waals surface area contributed by atoms with E-state index < -0.39 is 5.97 Å². The molecule has 3 nitrogen and oxygen atoms in total. The Kier molecular flexibility index (Phi) is 2.49. The van der Waals surface area contributed by atoms with Crippen molar-refractivity contribution in [1.82, 2.24) is 0 Å². The number of aliphatic carboxylic acids is 1. The number of carboxylic acids is 1. The highest BCUT2D eigenvalue weighted by molar-refractivity contribution is 5.70. The smallest absolute Gasteiger partial charge is 0.307 e. The van der Waals surface area contributed by atoms with Crippen LogP contribution in [-0.2, 0) is 17.6 Å². The maximum Gasteiger partial charge on any atom is 0.307 e. The van der Waals surface area contributed by atoms with E-state index in [0.29, 0.717) is 0 Å². The Balaban J connectivity index is 2.08. The van der Waals surface area contributed by atoms with Crippen molar-refractivity contribution in [3.05, 3.63) is 35.4 Å². The van der Waals surface area contributed by atoms with Gasteiger partial charge in [0.15, 0.2) is 0 Å². The Labute approximate surface area is 88.9 Å². The van der Waals surface area contributed by atoms with Crippen molar-refractivity contribution >= 4 is 5.97 Å². The average molecular weight is 205 g/mol. The summed E-state index contributed by atoms with van der Waals surface area (Å²) in [7, 11) is 0. The maximum atomic E-state index is 10.6. The van der Waals surface area contributed by atoms with E-state index in [1.165, 1.54) is 0 Å². The quantitative estimate of drug-likeness (QED) is 0.779. The highest BCUT2D eigenvalue weighted by Gasteiger charge is 2.37. The summed E-state index contributed by atoms with van der Waals surface area (Å²) in [5.41, 5.74) is 8.00. The van der Waals surface area contributed by atoms with E-state index in [1.807, 2.05) is 24.3 Å². The predicted octanol–water partition coefficient (Wildman–Crippen LogP) is 1.35. The van der Waals surface area contributed by atoms with Gasteiger partial charge in [0.25, 0.3) is 0 Å². The molecule has 1 aliphatic carbocycles. The molecule has 80 valence electrons. The van der Waals surface area contributed by atoms with E-state index in [-0.39, 0.29) is 12.0 Å². The largest absolute Gasteiger partial charge is 0.481 e. The lowest BCUT2D eigenvalue weighted by molar-refractivity contribution is -0.136. The molecular weight excluding hydrogens is 190 g/mol. The zero-order valence-corrected chi connectivity index (χ0v) is 8.57. The second kappa shape index (κ2) is 3.66. The van der Waals surface area contributed by atoms with Crippen LogP contribution in [0.5, 0.6) is 0 Å². The summed E-state index contributed by atoms with van der Waals surface area (Å²) in [5, 5.41) is 8.68. The molecule has 0 aromatic heterocycles. The average Bonchev–Trinajstić information content (AvgIpc) is 2.82. The van der Waals surface area contributed by atoms with Gasteiger partial charge in [-0.1, -0.05) is 24.3 Å². The van der Waals surface area contributed by atoms with E-state index in [2.05, 4.69) is 0 Å². The lowest BCUT2D eigenvalue weighted by Crippen LogP contribution is -2.24. The summed E-state index contributed by atoms with van der Waals surface area (Å²) < 4.78 is 0. The van der Waals surface area contributed by atoms with Gasteiger partial charge in [0, 0.05) is 5.54 Å². The van der Waals surface area contributed by atoms with E-state index in [9.17, 15) is 4.79 Å². The normalized spacial score (nSPS) is 17.4. The van der Waals surface area contributed by atoms with Gasteiger partial charge < -0.3 is 10.8 Å². The summed E-state index contributed by atoms with van der Waals surface area (Å²) in [6.07, 6.45) is 3.11. The van der Waals surface area contributed by atoms with Crippen molar-refractivity contribution in [3.63, 3.8) is 0 Å². The van der Waals surface area contributed by atoms with Crippen LogP contribution in [0.2, 0.25) is 0 Å². The third-order valence-corrected chi connectivity index (χ3v) is 2.80. The fraction of sp³-hybridized carbons (Fsp3) is 0.417. The standard InChI is InChI=1S/C12H15NO2/c13-12(4-5-12)8-10-3-1-2-9(6-10)7-11(14)15/h1-3,6H,4-5,7-8,13H2,(H,14,15). The predicted molar refractivity (Wildman–Crippen MR) is 57.6 cm³/mol. The highest BCUT2D eigenvalue weighted by atomic mass is 16.4. The fourth-order valence-electron chi connectivity index (χ4n) is 1.77. The molecule has 15 heavy (non-hydrogen) atoms. The molecule has 0 radical (unpaired) electrons. The highest BCUT2D eigenvalue weighted by Crippen LogP contribution is 2.35. The summed E-state index contributed by atoms with van der Waals surface area (Å²) >= 11 is 0. The Morgan fingerprint density at radius 3 is 2.67 bits per heavy atom. The van der Waals surface area contributed by atoms with Gasteiger partial charge in [0.05, 0.1) is 6.42 Å². The molecule has 1 saturated carbocycles. The Morgan fingerprint density at radius 2 is 2.07 bits per heavy atom. The minimum Gasteiger partial charge on any atom is -0.481 e. The van der Waals surface area contributed by atoms with Gasteiger partial charge in [-0.05, 0) is 30.4 Å². The topological polar surface area (TPSA) is 63.3 Å². The zero-order chi connectivity index (χ0) is 10.9. The Bertz CT molecular complexity index is 383. The van der Waals surface area contributed by atoms with Gasteiger partial charge in [0.2, 0.25) is 0 Å². The summed E-state index contributed by atoms with van der Waals surface area (Å²) in [6.45, 7) is 0. The van der Waals surface area contributed by atoms with Crippen molar-refractivity contribution in [2.24, 2.45) is 5.73 Å². The molecule has 0 unspecified atom stereocenters. The van der Waals surface area contributed by atoms with Crippen molar-refractivity contribution in [3.8, 4) is 0 Å². The second-order valence-corrected chi connectivity index (χ2v) is 4.43. The van der Waals surface area contributed by atoms with Gasteiger partial charge in [-0.15, -0.1) is 0 Å².